The van der Waals surface area contributed by atoms with E-state index in [1.165, 1.54) is 13.2 Å². The van der Waals surface area contributed by atoms with Crippen LogP contribution in [-0.4, -0.2) is 25.7 Å². The number of methoxy groups -OCH3 is 1. The minimum Gasteiger partial charge on any atom is -0.383 e. The van der Waals surface area contributed by atoms with Crippen LogP contribution in [0.1, 0.15) is 18.1 Å². The zero-order chi connectivity index (χ0) is 16.0. The molecule has 1 aromatic carbocycles. The van der Waals surface area contributed by atoms with Crippen molar-refractivity contribution in [3.05, 3.63) is 40.4 Å². The first-order valence-electron chi connectivity index (χ1n) is 6.08. The summed E-state index contributed by atoms with van der Waals surface area (Å²) >= 11 is 5.81. The molecule has 1 atom stereocenters. The van der Waals surface area contributed by atoms with E-state index >= 15 is 0 Å². The Morgan fingerprint density at radius 1 is 1.48 bits per heavy atom. The normalized spacial score (nSPS) is 13.4. The summed E-state index contributed by atoms with van der Waals surface area (Å²) in [5.74, 6) is -0.437. The molecule has 1 amide bonds. The Labute approximate surface area is 125 Å². The minimum atomic E-state index is -4.46. The third kappa shape index (κ3) is 5.77. The average molecular weight is 322 g/mol. The van der Waals surface area contributed by atoms with Crippen molar-refractivity contribution in [2.24, 2.45) is 0 Å². The quantitative estimate of drug-likeness (QED) is 0.843. The Hall–Kier alpha value is -1.53. The largest absolute Gasteiger partial charge is 0.416 e. The second kappa shape index (κ2) is 7.47. The Kier molecular flexibility index (Phi) is 6.23. The van der Waals surface area contributed by atoms with Crippen LogP contribution in [0.2, 0.25) is 5.02 Å². The standard InChI is InChI=1S/C14H15ClF3NO2/c1-9(8-21-2)19-13(20)6-3-10-7-11(14(16,17)18)4-5-12(10)15/h3-7,9H,8H2,1-2H3,(H,19,20). The SMILES string of the molecule is COCC(C)NC(=O)C=Cc1cc(C(F)(F)F)ccc1Cl. The number of carbonyl (C=O) groups is 1. The van der Waals surface area contributed by atoms with Gasteiger partial charge in [0, 0.05) is 24.3 Å². The van der Waals surface area contributed by atoms with E-state index < -0.39 is 17.6 Å². The van der Waals surface area contributed by atoms with Gasteiger partial charge in [0.2, 0.25) is 5.91 Å². The summed E-state index contributed by atoms with van der Waals surface area (Å²) in [6, 6.07) is 2.73. The number of benzene rings is 1. The maximum atomic E-state index is 12.6. The number of hydrogen-bond acceptors (Lipinski definition) is 2. The molecule has 0 aromatic heterocycles. The maximum Gasteiger partial charge on any atom is 0.416 e. The van der Waals surface area contributed by atoms with Crippen molar-refractivity contribution in [3.63, 3.8) is 0 Å². The number of alkyl halides is 3. The van der Waals surface area contributed by atoms with Crippen molar-refractivity contribution in [1.82, 2.24) is 5.32 Å². The molecule has 116 valence electrons. The lowest BCUT2D eigenvalue weighted by molar-refractivity contribution is -0.137. The molecule has 0 bridgehead atoms. The van der Waals surface area contributed by atoms with Gasteiger partial charge in [0.15, 0.2) is 0 Å². The molecule has 7 heteroatoms. The summed E-state index contributed by atoms with van der Waals surface area (Å²) in [4.78, 5) is 11.6. The van der Waals surface area contributed by atoms with Crippen LogP contribution in [-0.2, 0) is 15.7 Å². The highest BCUT2D eigenvalue weighted by Gasteiger charge is 2.30. The van der Waals surface area contributed by atoms with E-state index in [-0.39, 0.29) is 16.6 Å². The van der Waals surface area contributed by atoms with Gasteiger partial charge >= 0.3 is 6.18 Å². The summed E-state index contributed by atoms with van der Waals surface area (Å²) in [6.07, 6.45) is -2.08. The smallest absolute Gasteiger partial charge is 0.383 e. The topological polar surface area (TPSA) is 38.3 Å². The van der Waals surface area contributed by atoms with Crippen LogP contribution in [0.4, 0.5) is 13.2 Å². The van der Waals surface area contributed by atoms with Crippen molar-refractivity contribution in [3.8, 4) is 0 Å². The Morgan fingerprint density at radius 3 is 2.71 bits per heavy atom. The number of ether oxygens (including phenoxy) is 1. The number of halogens is 4. The summed E-state index contributed by atoms with van der Waals surface area (Å²) < 4.78 is 42.6. The van der Waals surface area contributed by atoms with Crippen molar-refractivity contribution in [2.45, 2.75) is 19.1 Å². The fraction of sp³-hybridized carbons (Fsp3) is 0.357. The van der Waals surface area contributed by atoms with Crippen LogP contribution in [0.15, 0.2) is 24.3 Å². The first-order valence-corrected chi connectivity index (χ1v) is 6.46. The molecule has 21 heavy (non-hydrogen) atoms. The molecule has 0 heterocycles. The Bertz CT molecular complexity index is 529. The molecule has 0 aliphatic rings. The van der Waals surface area contributed by atoms with Crippen LogP contribution in [0.5, 0.6) is 0 Å². The van der Waals surface area contributed by atoms with Gasteiger partial charge in [0.1, 0.15) is 0 Å². The second-order valence-corrected chi connectivity index (χ2v) is 4.84. The highest BCUT2D eigenvalue weighted by Crippen LogP contribution is 2.32. The number of rotatable bonds is 5. The van der Waals surface area contributed by atoms with Crippen LogP contribution in [0.25, 0.3) is 6.08 Å². The molecular formula is C14H15ClF3NO2. The van der Waals surface area contributed by atoms with E-state index in [9.17, 15) is 18.0 Å². The van der Waals surface area contributed by atoms with Gasteiger partial charge in [-0.05, 0) is 36.8 Å². The molecule has 1 aromatic rings. The zero-order valence-electron chi connectivity index (χ0n) is 11.5. The van der Waals surface area contributed by atoms with Crippen molar-refractivity contribution >= 4 is 23.6 Å². The first kappa shape index (κ1) is 17.5. The molecule has 1 N–H and O–H groups in total. The summed E-state index contributed by atoms with van der Waals surface area (Å²) in [6.45, 7) is 2.08. The summed E-state index contributed by atoms with van der Waals surface area (Å²) in [5.41, 5.74) is -0.694. The second-order valence-electron chi connectivity index (χ2n) is 4.43. The van der Waals surface area contributed by atoms with Crippen molar-refractivity contribution < 1.29 is 22.7 Å². The predicted octanol–water partition coefficient (Wildman–Crippen LogP) is 3.52. The average Bonchev–Trinajstić information content (AvgIpc) is 2.36. The lowest BCUT2D eigenvalue weighted by Gasteiger charge is -2.11. The number of amides is 1. The van der Waals surface area contributed by atoms with E-state index in [2.05, 4.69) is 5.32 Å². The van der Waals surface area contributed by atoms with E-state index in [1.807, 2.05) is 0 Å². The predicted molar refractivity (Wildman–Crippen MR) is 75.0 cm³/mol. The highest BCUT2D eigenvalue weighted by molar-refractivity contribution is 6.32. The van der Waals surface area contributed by atoms with Gasteiger partial charge in [-0.25, -0.2) is 0 Å². The fourth-order valence-corrected chi connectivity index (χ4v) is 1.78. The maximum absolute atomic E-state index is 12.6. The van der Waals surface area contributed by atoms with E-state index in [4.69, 9.17) is 16.3 Å². The molecule has 0 radical (unpaired) electrons. The molecule has 0 spiro atoms. The molecule has 0 aliphatic carbocycles. The van der Waals surface area contributed by atoms with Crippen LogP contribution < -0.4 is 5.32 Å². The fourth-order valence-electron chi connectivity index (χ4n) is 1.60. The molecule has 0 saturated heterocycles. The van der Waals surface area contributed by atoms with Gasteiger partial charge < -0.3 is 10.1 Å². The first-order chi connectivity index (χ1) is 9.74. The molecule has 0 aliphatic heterocycles. The summed E-state index contributed by atoms with van der Waals surface area (Å²) in [7, 11) is 1.50. The lowest BCUT2D eigenvalue weighted by Crippen LogP contribution is -2.34. The number of hydrogen-bond donors (Lipinski definition) is 1. The molecule has 0 fully saturated rings. The number of carbonyl (C=O) groups excluding carboxylic acids is 1. The third-order valence-corrected chi connectivity index (χ3v) is 2.89. The van der Waals surface area contributed by atoms with Crippen molar-refractivity contribution in [2.75, 3.05) is 13.7 Å². The minimum absolute atomic E-state index is 0.126. The van der Waals surface area contributed by atoms with Crippen LogP contribution in [0, 0.1) is 0 Å². The molecule has 1 rings (SSSR count). The van der Waals surface area contributed by atoms with Gasteiger partial charge in [-0.3, -0.25) is 4.79 Å². The van der Waals surface area contributed by atoms with Crippen molar-refractivity contribution in [1.29, 1.82) is 0 Å². The Morgan fingerprint density at radius 2 is 2.14 bits per heavy atom. The van der Waals surface area contributed by atoms with E-state index in [0.717, 1.165) is 24.3 Å². The van der Waals surface area contributed by atoms with Gasteiger partial charge in [-0.2, -0.15) is 13.2 Å². The van der Waals surface area contributed by atoms with Gasteiger partial charge in [-0.15, -0.1) is 0 Å². The number of nitrogens with one attached hydrogen (secondary N) is 1. The monoisotopic (exact) mass is 321 g/mol. The Balaban J connectivity index is 2.82. The molecule has 3 nitrogen and oxygen atoms in total. The summed E-state index contributed by atoms with van der Waals surface area (Å²) in [5, 5.41) is 2.74. The van der Waals surface area contributed by atoms with Gasteiger partial charge in [-0.1, -0.05) is 11.6 Å². The lowest BCUT2D eigenvalue weighted by atomic mass is 10.1. The molecular weight excluding hydrogens is 307 g/mol. The molecule has 1 unspecified atom stereocenters. The van der Waals surface area contributed by atoms with E-state index in [1.54, 1.807) is 6.92 Å². The van der Waals surface area contributed by atoms with Gasteiger partial charge in [0.25, 0.3) is 0 Å². The zero-order valence-corrected chi connectivity index (χ0v) is 12.3. The van der Waals surface area contributed by atoms with Crippen LogP contribution >= 0.6 is 11.6 Å². The highest BCUT2D eigenvalue weighted by atomic mass is 35.5. The van der Waals surface area contributed by atoms with E-state index in [0.29, 0.717) is 6.61 Å². The molecule has 0 saturated carbocycles. The van der Waals surface area contributed by atoms with Crippen LogP contribution in [0.3, 0.4) is 0 Å². The van der Waals surface area contributed by atoms with Gasteiger partial charge in [0.05, 0.1) is 12.2 Å². The third-order valence-electron chi connectivity index (χ3n) is 2.54.